The molecule has 1 heterocycles. The van der Waals surface area contributed by atoms with Gasteiger partial charge < -0.3 is 16.4 Å². The Hall–Kier alpha value is -1.56. The Balaban J connectivity index is 2.09. The fraction of sp³-hybridized carbons (Fsp3) is 0.538. The number of rotatable bonds is 8. The molecular weight excluding hydrogens is 260 g/mol. The number of aliphatic imine (C=N–C) groups is 1. The van der Waals surface area contributed by atoms with Crippen LogP contribution in [0, 0.1) is 0 Å². The number of nitrogens with zero attached hydrogens (tertiary/aromatic N) is 1. The Morgan fingerprint density at radius 3 is 2.95 bits per heavy atom. The van der Waals surface area contributed by atoms with Gasteiger partial charge in [0.2, 0.25) is 5.91 Å². The van der Waals surface area contributed by atoms with Crippen LogP contribution in [0.15, 0.2) is 22.5 Å². The summed E-state index contributed by atoms with van der Waals surface area (Å²) in [6, 6.07) is 4.11. The number of nitrogens with one attached hydrogen (secondary N) is 2. The average Bonchev–Trinajstić information content (AvgIpc) is 2.89. The van der Waals surface area contributed by atoms with Crippen LogP contribution in [-0.4, -0.2) is 31.5 Å². The third-order valence-corrected chi connectivity index (χ3v) is 3.39. The van der Waals surface area contributed by atoms with Crippen molar-refractivity contribution in [1.82, 2.24) is 10.6 Å². The Bertz CT molecular complexity index is 389. The van der Waals surface area contributed by atoms with Crippen LogP contribution in [0.25, 0.3) is 0 Å². The van der Waals surface area contributed by atoms with Crippen LogP contribution in [0.4, 0.5) is 0 Å². The summed E-state index contributed by atoms with van der Waals surface area (Å²) >= 11 is 1.72. The maximum absolute atomic E-state index is 11.3. The van der Waals surface area contributed by atoms with Crippen LogP contribution in [0.3, 0.4) is 0 Å². The van der Waals surface area contributed by atoms with Crippen molar-refractivity contribution >= 4 is 23.2 Å². The molecule has 0 radical (unpaired) electrons. The summed E-state index contributed by atoms with van der Waals surface area (Å²) in [6.45, 7) is 3.94. The van der Waals surface area contributed by atoms with Gasteiger partial charge in [0.1, 0.15) is 0 Å². The third-order valence-electron chi connectivity index (χ3n) is 2.45. The Kier molecular flexibility index (Phi) is 7.65. The normalized spacial score (nSPS) is 11.3. The van der Waals surface area contributed by atoms with Crippen molar-refractivity contribution in [3.8, 4) is 0 Å². The number of amides is 1. The maximum Gasteiger partial charge on any atom is 0.221 e. The highest BCUT2D eigenvalue weighted by Gasteiger charge is 1.99. The molecule has 1 amide bonds. The first-order valence-electron chi connectivity index (χ1n) is 6.55. The van der Waals surface area contributed by atoms with Crippen molar-refractivity contribution in [3.05, 3.63) is 22.4 Å². The monoisotopic (exact) mass is 282 g/mol. The van der Waals surface area contributed by atoms with Gasteiger partial charge in [-0.25, -0.2) is 0 Å². The molecular formula is C13H22N4OS. The molecule has 0 aliphatic carbocycles. The van der Waals surface area contributed by atoms with Gasteiger partial charge in [-0.3, -0.25) is 9.79 Å². The lowest BCUT2D eigenvalue weighted by Crippen LogP contribution is -2.35. The lowest BCUT2D eigenvalue weighted by molar-refractivity contribution is -0.120. The smallest absolute Gasteiger partial charge is 0.221 e. The van der Waals surface area contributed by atoms with E-state index in [2.05, 4.69) is 27.1 Å². The Morgan fingerprint density at radius 2 is 2.26 bits per heavy atom. The summed E-state index contributed by atoms with van der Waals surface area (Å²) in [6.07, 6.45) is 2.27. The molecule has 0 aliphatic rings. The zero-order chi connectivity index (χ0) is 13.9. The van der Waals surface area contributed by atoms with E-state index in [1.165, 1.54) is 4.88 Å². The maximum atomic E-state index is 11.3. The second-order valence-corrected chi connectivity index (χ2v) is 5.16. The molecule has 0 spiro atoms. The average molecular weight is 282 g/mol. The quantitative estimate of drug-likeness (QED) is 0.493. The second-order valence-electron chi connectivity index (χ2n) is 4.12. The van der Waals surface area contributed by atoms with Crippen molar-refractivity contribution in [3.63, 3.8) is 0 Å². The van der Waals surface area contributed by atoms with Crippen LogP contribution >= 0.6 is 11.3 Å². The molecule has 0 bridgehead atoms. The highest BCUT2D eigenvalue weighted by Crippen LogP contribution is 2.08. The van der Waals surface area contributed by atoms with Gasteiger partial charge in [0.15, 0.2) is 5.96 Å². The van der Waals surface area contributed by atoms with Gasteiger partial charge in [-0.1, -0.05) is 13.0 Å². The molecule has 106 valence electrons. The third kappa shape index (κ3) is 7.46. The predicted octanol–water partition coefficient (Wildman–Crippen LogP) is 1.11. The SMILES string of the molecule is CCCNC(=O)CCNC(N)=NCCc1cccs1. The molecule has 0 saturated heterocycles. The van der Waals surface area contributed by atoms with E-state index in [0.717, 1.165) is 19.4 Å². The highest BCUT2D eigenvalue weighted by molar-refractivity contribution is 7.09. The van der Waals surface area contributed by atoms with Gasteiger partial charge in [-0.05, 0) is 17.9 Å². The van der Waals surface area contributed by atoms with Gasteiger partial charge in [0, 0.05) is 37.4 Å². The number of thiophene rings is 1. The van der Waals surface area contributed by atoms with Gasteiger partial charge in [0.25, 0.3) is 0 Å². The summed E-state index contributed by atoms with van der Waals surface area (Å²) in [7, 11) is 0. The Labute approximate surface area is 118 Å². The minimum Gasteiger partial charge on any atom is -0.370 e. The fourth-order valence-electron chi connectivity index (χ4n) is 1.45. The number of hydrogen-bond acceptors (Lipinski definition) is 3. The minimum absolute atomic E-state index is 0.0423. The number of carbonyl (C=O) groups excluding carboxylic acids is 1. The molecule has 1 aromatic rings. The summed E-state index contributed by atoms with van der Waals surface area (Å²) in [5.74, 6) is 0.445. The van der Waals surface area contributed by atoms with Crippen molar-refractivity contribution in [2.24, 2.45) is 10.7 Å². The van der Waals surface area contributed by atoms with E-state index in [0.29, 0.717) is 25.5 Å². The summed E-state index contributed by atoms with van der Waals surface area (Å²) < 4.78 is 0. The van der Waals surface area contributed by atoms with E-state index in [-0.39, 0.29) is 5.91 Å². The van der Waals surface area contributed by atoms with Gasteiger partial charge in [-0.2, -0.15) is 0 Å². The number of nitrogens with two attached hydrogens (primary N) is 1. The lowest BCUT2D eigenvalue weighted by atomic mass is 10.3. The largest absolute Gasteiger partial charge is 0.370 e. The van der Waals surface area contributed by atoms with Gasteiger partial charge in [0.05, 0.1) is 0 Å². The fourth-order valence-corrected chi connectivity index (χ4v) is 2.15. The number of guanidine groups is 1. The summed E-state index contributed by atoms with van der Waals surface area (Å²) in [5.41, 5.74) is 5.71. The lowest BCUT2D eigenvalue weighted by Gasteiger charge is -2.06. The first-order chi connectivity index (χ1) is 9.22. The molecule has 0 fully saturated rings. The molecule has 0 aliphatic heterocycles. The summed E-state index contributed by atoms with van der Waals surface area (Å²) in [4.78, 5) is 16.8. The van der Waals surface area contributed by atoms with Crippen LogP contribution in [-0.2, 0) is 11.2 Å². The summed E-state index contributed by atoms with van der Waals surface area (Å²) in [5, 5.41) is 7.80. The molecule has 0 atom stereocenters. The van der Waals surface area contributed by atoms with E-state index in [1.807, 2.05) is 13.0 Å². The van der Waals surface area contributed by atoms with Crippen LogP contribution in [0.5, 0.6) is 0 Å². The molecule has 6 heteroatoms. The molecule has 0 aromatic carbocycles. The standard InChI is InChI=1S/C13H22N4OS/c1-2-7-15-12(18)6-9-17-13(14)16-8-5-11-4-3-10-19-11/h3-4,10H,2,5-9H2,1H3,(H,15,18)(H3,14,16,17). The predicted molar refractivity (Wildman–Crippen MR) is 80.4 cm³/mol. The van der Waals surface area contributed by atoms with Crippen LogP contribution in [0.2, 0.25) is 0 Å². The van der Waals surface area contributed by atoms with Crippen molar-refractivity contribution in [1.29, 1.82) is 0 Å². The van der Waals surface area contributed by atoms with Crippen molar-refractivity contribution in [2.75, 3.05) is 19.6 Å². The molecule has 4 N–H and O–H groups in total. The van der Waals surface area contributed by atoms with E-state index in [9.17, 15) is 4.79 Å². The minimum atomic E-state index is 0.0423. The number of hydrogen-bond donors (Lipinski definition) is 3. The van der Waals surface area contributed by atoms with E-state index in [4.69, 9.17) is 5.73 Å². The van der Waals surface area contributed by atoms with Crippen molar-refractivity contribution < 1.29 is 4.79 Å². The van der Waals surface area contributed by atoms with E-state index >= 15 is 0 Å². The second kappa shape index (κ2) is 9.38. The van der Waals surface area contributed by atoms with Gasteiger partial charge in [-0.15, -0.1) is 11.3 Å². The first-order valence-corrected chi connectivity index (χ1v) is 7.43. The first kappa shape index (κ1) is 15.5. The van der Waals surface area contributed by atoms with E-state index in [1.54, 1.807) is 11.3 Å². The molecule has 1 rings (SSSR count). The van der Waals surface area contributed by atoms with Crippen molar-refractivity contribution in [2.45, 2.75) is 26.2 Å². The van der Waals surface area contributed by atoms with Crippen LogP contribution in [0.1, 0.15) is 24.6 Å². The molecule has 19 heavy (non-hydrogen) atoms. The molecule has 0 saturated carbocycles. The molecule has 5 nitrogen and oxygen atoms in total. The molecule has 0 unspecified atom stereocenters. The zero-order valence-corrected chi connectivity index (χ0v) is 12.1. The topological polar surface area (TPSA) is 79.5 Å². The molecule has 1 aromatic heterocycles. The van der Waals surface area contributed by atoms with Crippen LogP contribution < -0.4 is 16.4 Å². The number of carbonyl (C=O) groups is 1. The highest BCUT2D eigenvalue weighted by atomic mass is 32.1. The zero-order valence-electron chi connectivity index (χ0n) is 11.3. The Morgan fingerprint density at radius 1 is 1.42 bits per heavy atom. The van der Waals surface area contributed by atoms with Gasteiger partial charge >= 0.3 is 0 Å². The van der Waals surface area contributed by atoms with E-state index < -0.39 is 0 Å².